The van der Waals surface area contributed by atoms with Gasteiger partial charge >= 0.3 is 0 Å². The predicted octanol–water partition coefficient (Wildman–Crippen LogP) is 12.7. The predicted molar refractivity (Wildman–Crippen MR) is 216 cm³/mol. The molecule has 51 heavy (non-hydrogen) atoms. The number of para-hydroxylation sites is 1. The number of hydrogen-bond acceptors (Lipinski definition) is 5. The Morgan fingerprint density at radius 3 is 1.96 bits per heavy atom. The highest BCUT2D eigenvalue weighted by Gasteiger charge is 2.21. The molecule has 0 saturated carbocycles. The van der Waals surface area contributed by atoms with Crippen molar-refractivity contribution in [1.29, 1.82) is 0 Å². The van der Waals surface area contributed by atoms with Gasteiger partial charge in [-0.3, -0.25) is 4.57 Å². The van der Waals surface area contributed by atoms with E-state index in [1.807, 2.05) is 65.2 Å². The van der Waals surface area contributed by atoms with Gasteiger partial charge < -0.3 is 0 Å². The van der Waals surface area contributed by atoms with Crippen LogP contribution in [0.5, 0.6) is 0 Å². The lowest BCUT2D eigenvalue weighted by Gasteiger charge is -2.11. The molecule has 0 amide bonds. The molecule has 0 radical (unpaired) electrons. The monoisotopic (exact) mass is 696 g/mol. The first-order valence-corrected chi connectivity index (χ1v) is 17.8. The Hall–Kier alpha value is -6.21. The van der Waals surface area contributed by atoms with Gasteiger partial charge in [-0.15, -0.1) is 22.7 Å². The molecule has 238 valence electrons. The first-order valence-electron chi connectivity index (χ1n) is 21.1. The molecule has 0 N–H and O–H groups in total. The first-order chi connectivity index (χ1) is 29.4. The molecule has 4 heterocycles. The molecule has 0 spiro atoms. The van der Waals surface area contributed by atoms with Crippen LogP contribution in [0.1, 0.15) is 13.7 Å². The lowest BCUT2D eigenvalue weighted by Crippen LogP contribution is -2.06. The van der Waals surface area contributed by atoms with Gasteiger partial charge in [0.1, 0.15) is 0 Å². The van der Waals surface area contributed by atoms with Crippen molar-refractivity contribution in [1.82, 2.24) is 19.5 Å². The lowest BCUT2D eigenvalue weighted by atomic mass is 9.99. The SMILES string of the molecule is [2H]c1c([2H])c([2H])c(-c2nc(-c3ccc4c(c3)sc3cccc(-c5c([2H])c([2H])c([2H])c([2H])c5[2H])c34)nc(-n3c4ccccc4c4c5c(ccc43)sc3ccccc35)n2)c([2H])c1[2H]. The maximum absolute atomic E-state index is 8.90. The van der Waals surface area contributed by atoms with Gasteiger partial charge in [-0.25, -0.2) is 4.98 Å². The Bertz CT molecular complexity index is 3690. The quantitative estimate of drug-likeness (QED) is 0.184. The highest BCUT2D eigenvalue weighted by Crippen LogP contribution is 2.44. The maximum atomic E-state index is 8.90. The molecule has 0 aliphatic rings. The third-order valence-corrected chi connectivity index (χ3v) is 11.5. The average Bonchev–Trinajstić information content (AvgIpc) is 3.95. The van der Waals surface area contributed by atoms with Crippen molar-refractivity contribution in [2.75, 3.05) is 0 Å². The minimum Gasteiger partial charge on any atom is -0.278 e. The summed E-state index contributed by atoms with van der Waals surface area (Å²) in [5.41, 5.74) is 2.66. The topological polar surface area (TPSA) is 43.6 Å². The third kappa shape index (κ3) is 4.40. The molecule has 0 saturated heterocycles. The van der Waals surface area contributed by atoms with Crippen molar-refractivity contribution in [2.24, 2.45) is 0 Å². The molecule has 7 aromatic carbocycles. The maximum Gasteiger partial charge on any atom is 0.238 e. The first kappa shape index (κ1) is 20.5. The van der Waals surface area contributed by atoms with Crippen molar-refractivity contribution in [3.63, 3.8) is 0 Å². The molecule has 11 rings (SSSR count). The van der Waals surface area contributed by atoms with E-state index in [1.54, 1.807) is 23.5 Å². The number of rotatable bonds is 4. The number of fused-ring (bicyclic) bond motifs is 10. The second-order valence-electron chi connectivity index (χ2n) is 12.1. The molecule has 0 fully saturated rings. The molecule has 0 aliphatic carbocycles. The van der Waals surface area contributed by atoms with Crippen LogP contribution in [-0.2, 0) is 0 Å². The fourth-order valence-corrected chi connectivity index (χ4v) is 9.40. The number of thiophene rings is 2. The summed E-state index contributed by atoms with van der Waals surface area (Å²) in [6.45, 7) is 0. The number of hydrogen-bond donors (Lipinski definition) is 0. The fraction of sp³-hybridized carbons (Fsp3) is 0. The van der Waals surface area contributed by atoms with Crippen LogP contribution in [-0.4, -0.2) is 19.5 Å². The van der Waals surface area contributed by atoms with Crippen LogP contribution in [0.3, 0.4) is 0 Å². The zero-order chi connectivity index (χ0) is 42.2. The van der Waals surface area contributed by atoms with Crippen LogP contribution in [0, 0.1) is 0 Å². The summed E-state index contributed by atoms with van der Waals surface area (Å²) in [6.07, 6.45) is 0. The van der Waals surface area contributed by atoms with E-state index < -0.39 is 48.3 Å². The summed E-state index contributed by atoms with van der Waals surface area (Å²) in [4.78, 5) is 14.8. The third-order valence-electron chi connectivity index (χ3n) is 9.25. The Balaban J connectivity index is 1.19. The molecule has 4 nitrogen and oxygen atoms in total. The van der Waals surface area contributed by atoms with Crippen molar-refractivity contribution in [3.05, 3.63) is 157 Å². The second-order valence-corrected chi connectivity index (χ2v) is 14.2. The molecule has 6 heteroatoms. The Labute approximate surface area is 314 Å². The van der Waals surface area contributed by atoms with Crippen LogP contribution < -0.4 is 0 Å². The van der Waals surface area contributed by atoms with Crippen molar-refractivity contribution >= 4 is 84.8 Å². The van der Waals surface area contributed by atoms with E-state index in [9.17, 15) is 0 Å². The van der Waals surface area contributed by atoms with Gasteiger partial charge in [0.25, 0.3) is 0 Å². The summed E-state index contributed by atoms with van der Waals surface area (Å²) < 4.78 is 91.1. The molecule has 0 bridgehead atoms. The minimum atomic E-state index is -0.527. The van der Waals surface area contributed by atoms with E-state index in [-0.39, 0.29) is 40.8 Å². The molecule has 11 aromatic rings. The summed E-state index contributed by atoms with van der Waals surface area (Å²) in [6, 6.07) is 27.2. The van der Waals surface area contributed by atoms with Crippen LogP contribution in [0.2, 0.25) is 0 Å². The fourth-order valence-electron chi connectivity index (χ4n) is 7.12. The zero-order valence-electron chi connectivity index (χ0n) is 36.3. The van der Waals surface area contributed by atoms with Gasteiger partial charge in [-0.1, -0.05) is 121 Å². The molecule has 4 aromatic heterocycles. The Kier molecular flexibility index (Phi) is 4.47. The Morgan fingerprint density at radius 2 is 1.12 bits per heavy atom. The van der Waals surface area contributed by atoms with Crippen molar-refractivity contribution < 1.29 is 13.7 Å². The molecule has 0 aliphatic heterocycles. The standard InChI is InChI=1S/C45H26N4S2/c1-3-12-27(13-4-1)30-18-11-21-37-40(30)33-23-22-29(26-39(33)51-37)44-46-43(28-14-5-2-6-15-28)47-45(48-44)49-34-19-9-7-16-31(34)41-35(49)24-25-38-42(41)32-17-8-10-20-36(32)50-38/h1-26H/i1D,2D,3D,4D,5D,6D,12D,13D,14D,15D. The zero-order valence-corrected chi connectivity index (χ0v) is 28.0. The average molecular weight is 697 g/mol. The molecule has 0 atom stereocenters. The summed E-state index contributed by atoms with van der Waals surface area (Å²) in [5, 5.41) is 5.74. The highest BCUT2D eigenvalue weighted by molar-refractivity contribution is 7.26. The van der Waals surface area contributed by atoms with Gasteiger partial charge in [0.15, 0.2) is 11.6 Å². The van der Waals surface area contributed by atoms with Crippen LogP contribution in [0.25, 0.3) is 102 Å². The van der Waals surface area contributed by atoms with Crippen molar-refractivity contribution in [3.8, 4) is 39.9 Å². The van der Waals surface area contributed by atoms with E-state index in [4.69, 9.17) is 28.7 Å². The normalized spacial score (nSPS) is 14.7. The number of benzene rings is 7. The van der Waals surface area contributed by atoms with E-state index in [2.05, 4.69) is 24.3 Å². The largest absolute Gasteiger partial charge is 0.278 e. The Morgan fingerprint density at radius 1 is 0.451 bits per heavy atom. The summed E-state index contributed by atoms with van der Waals surface area (Å²) in [5.74, 6) is 0.298. The lowest BCUT2D eigenvalue weighted by molar-refractivity contribution is 0.954. The van der Waals surface area contributed by atoms with Crippen LogP contribution in [0.4, 0.5) is 0 Å². The van der Waals surface area contributed by atoms with E-state index in [1.165, 1.54) is 11.3 Å². The van der Waals surface area contributed by atoms with E-state index in [0.717, 1.165) is 62.2 Å². The molecule has 0 unspecified atom stereocenters. The van der Waals surface area contributed by atoms with Crippen LogP contribution in [0.15, 0.2) is 157 Å². The summed E-state index contributed by atoms with van der Waals surface area (Å²) >= 11 is 3.18. The van der Waals surface area contributed by atoms with E-state index in [0.29, 0.717) is 11.1 Å². The second kappa shape index (κ2) is 11.2. The highest BCUT2D eigenvalue weighted by atomic mass is 32.1. The van der Waals surface area contributed by atoms with Crippen LogP contribution >= 0.6 is 22.7 Å². The van der Waals surface area contributed by atoms with E-state index >= 15 is 0 Å². The van der Waals surface area contributed by atoms with Gasteiger partial charge in [0.2, 0.25) is 5.95 Å². The van der Waals surface area contributed by atoms with Crippen molar-refractivity contribution in [2.45, 2.75) is 0 Å². The number of nitrogens with zero attached hydrogens (tertiary/aromatic N) is 4. The van der Waals surface area contributed by atoms with Gasteiger partial charge in [-0.2, -0.15) is 9.97 Å². The summed E-state index contributed by atoms with van der Waals surface area (Å²) in [7, 11) is 0. The molecular weight excluding hydrogens is 661 g/mol. The minimum absolute atomic E-state index is 0.0927. The smallest absolute Gasteiger partial charge is 0.238 e. The number of aromatic nitrogens is 4. The van der Waals surface area contributed by atoms with Gasteiger partial charge in [0.05, 0.1) is 24.7 Å². The molecular formula is C45H26N4S2. The van der Waals surface area contributed by atoms with Gasteiger partial charge in [0, 0.05) is 62.2 Å². The van der Waals surface area contributed by atoms with Gasteiger partial charge in [-0.05, 0) is 47.5 Å².